The van der Waals surface area contributed by atoms with Crippen LogP contribution in [0, 0.1) is 0 Å². The van der Waals surface area contributed by atoms with Crippen LogP contribution in [0.5, 0.6) is 11.5 Å². The molecule has 1 aromatic heterocycles. The Hall–Kier alpha value is -3.55. The molecule has 0 bridgehead atoms. The zero-order valence-electron chi connectivity index (χ0n) is 17.6. The number of rotatable bonds is 9. The Balaban J connectivity index is 1.21. The van der Waals surface area contributed by atoms with Crippen molar-refractivity contribution in [2.45, 2.75) is 32.4 Å². The molecule has 1 fully saturated rings. The second kappa shape index (κ2) is 9.97. The van der Waals surface area contributed by atoms with Crippen molar-refractivity contribution in [3.63, 3.8) is 0 Å². The molecule has 0 atom stereocenters. The lowest BCUT2D eigenvalue weighted by Crippen LogP contribution is -2.52. The molecule has 1 aliphatic rings. The minimum atomic E-state index is -0.122. The Kier molecular flexibility index (Phi) is 6.66. The highest BCUT2D eigenvalue weighted by molar-refractivity contribution is 5.89. The molecule has 0 aliphatic carbocycles. The van der Waals surface area contributed by atoms with Crippen molar-refractivity contribution < 1.29 is 14.3 Å². The standard InChI is InChI=1S/C23H27N5O3/c1-2-3-13-30-22-11-9-18(10-12-22)24-23(29)27-15-20(16-27)28-14-19(25-26-28)17-31-21-7-5-4-6-8-21/h4-12,14,20H,2-3,13,15-17H2,1H3,(H,24,29). The number of hydrogen-bond acceptors (Lipinski definition) is 5. The highest BCUT2D eigenvalue weighted by atomic mass is 16.5. The number of nitrogens with one attached hydrogen (secondary N) is 1. The van der Waals surface area contributed by atoms with E-state index in [0.717, 1.165) is 35.7 Å². The number of carbonyl (C=O) groups excluding carboxylic acids is 1. The van der Waals surface area contributed by atoms with Gasteiger partial charge < -0.3 is 19.7 Å². The molecule has 0 unspecified atom stereocenters. The van der Waals surface area contributed by atoms with Gasteiger partial charge in [0, 0.05) is 18.8 Å². The summed E-state index contributed by atoms with van der Waals surface area (Å²) in [5.41, 5.74) is 1.50. The molecule has 8 heteroatoms. The molecule has 2 heterocycles. The molecule has 0 radical (unpaired) electrons. The third kappa shape index (κ3) is 5.53. The van der Waals surface area contributed by atoms with E-state index in [1.165, 1.54) is 0 Å². The molecular weight excluding hydrogens is 394 g/mol. The van der Waals surface area contributed by atoms with E-state index in [-0.39, 0.29) is 12.1 Å². The van der Waals surface area contributed by atoms with E-state index >= 15 is 0 Å². The maximum absolute atomic E-state index is 12.5. The van der Waals surface area contributed by atoms with Crippen LogP contribution in [0.1, 0.15) is 31.5 Å². The second-order valence-corrected chi connectivity index (χ2v) is 7.51. The number of anilines is 1. The number of carbonyl (C=O) groups is 1. The van der Waals surface area contributed by atoms with Gasteiger partial charge in [0.05, 0.1) is 18.8 Å². The predicted octanol–water partition coefficient (Wildman–Crippen LogP) is 4.12. The number of benzene rings is 2. The number of aromatic nitrogens is 3. The van der Waals surface area contributed by atoms with Crippen LogP contribution >= 0.6 is 0 Å². The zero-order chi connectivity index (χ0) is 21.5. The largest absolute Gasteiger partial charge is 0.494 e. The average molecular weight is 422 g/mol. The van der Waals surface area contributed by atoms with Gasteiger partial charge in [0.15, 0.2) is 0 Å². The smallest absolute Gasteiger partial charge is 0.321 e. The van der Waals surface area contributed by atoms with Crippen molar-refractivity contribution in [2.24, 2.45) is 0 Å². The van der Waals surface area contributed by atoms with Crippen LogP contribution in [0.25, 0.3) is 0 Å². The molecule has 1 N–H and O–H groups in total. The van der Waals surface area contributed by atoms with E-state index in [2.05, 4.69) is 22.6 Å². The second-order valence-electron chi connectivity index (χ2n) is 7.51. The van der Waals surface area contributed by atoms with E-state index in [0.29, 0.717) is 26.3 Å². The SMILES string of the molecule is CCCCOc1ccc(NC(=O)N2CC(n3cc(COc4ccccc4)nn3)C2)cc1. The predicted molar refractivity (Wildman–Crippen MR) is 117 cm³/mol. The van der Waals surface area contributed by atoms with Crippen LogP contribution in [0.2, 0.25) is 0 Å². The zero-order valence-corrected chi connectivity index (χ0v) is 17.6. The monoisotopic (exact) mass is 421 g/mol. The lowest BCUT2D eigenvalue weighted by Gasteiger charge is -2.38. The minimum Gasteiger partial charge on any atom is -0.494 e. The Bertz CT molecular complexity index is 968. The molecule has 4 rings (SSSR count). The van der Waals surface area contributed by atoms with Gasteiger partial charge in [0.1, 0.15) is 23.8 Å². The first-order chi connectivity index (χ1) is 15.2. The number of likely N-dealkylation sites (tertiary alicyclic amines) is 1. The van der Waals surface area contributed by atoms with E-state index in [1.807, 2.05) is 60.8 Å². The summed E-state index contributed by atoms with van der Waals surface area (Å²) < 4.78 is 13.1. The molecule has 1 saturated heterocycles. The Morgan fingerprint density at radius 2 is 1.81 bits per heavy atom. The molecule has 0 spiro atoms. The normalized spacial score (nSPS) is 13.5. The summed E-state index contributed by atoms with van der Waals surface area (Å²) in [4.78, 5) is 14.2. The first kappa shape index (κ1) is 20.7. The number of ether oxygens (including phenoxy) is 2. The van der Waals surface area contributed by atoms with E-state index in [9.17, 15) is 4.79 Å². The van der Waals surface area contributed by atoms with Crippen LogP contribution in [0.3, 0.4) is 0 Å². The van der Waals surface area contributed by atoms with E-state index in [1.54, 1.807) is 9.58 Å². The fraction of sp³-hybridized carbons (Fsp3) is 0.348. The van der Waals surface area contributed by atoms with Gasteiger partial charge in [0.25, 0.3) is 0 Å². The van der Waals surface area contributed by atoms with Crippen molar-refractivity contribution in [3.05, 3.63) is 66.5 Å². The van der Waals surface area contributed by atoms with Crippen LogP contribution in [-0.2, 0) is 6.61 Å². The van der Waals surface area contributed by atoms with Crippen molar-refractivity contribution in [2.75, 3.05) is 25.0 Å². The van der Waals surface area contributed by atoms with Crippen molar-refractivity contribution >= 4 is 11.7 Å². The van der Waals surface area contributed by atoms with Crippen LogP contribution in [0.15, 0.2) is 60.8 Å². The molecule has 8 nitrogen and oxygen atoms in total. The van der Waals surface area contributed by atoms with E-state index < -0.39 is 0 Å². The third-order valence-electron chi connectivity index (χ3n) is 5.08. The third-order valence-corrected chi connectivity index (χ3v) is 5.08. The summed E-state index contributed by atoms with van der Waals surface area (Å²) in [5.74, 6) is 1.61. The number of amides is 2. The summed E-state index contributed by atoms with van der Waals surface area (Å²) >= 11 is 0. The number of unbranched alkanes of at least 4 members (excludes halogenated alkanes) is 1. The minimum absolute atomic E-state index is 0.122. The summed E-state index contributed by atoms with van der Waals surface area (Å²) in [7, 11) is 0. The Morgan fingerprint density at radius 1 is 1.06 bits per heavy atom. The molecule has 2 aromatic carbocycles. The van der Waals surface area contributed by atoms with Gasteiger partial charge >= 0.3 is 6.03 Å². The Morgan fingerprint density at radius 3 is 2.55 bits per heavy atom. The average Bonchev–Trinajstić information content (AvgIpc) is 3.22. The lowest BCUT2D eigenvalue weighted by atomic mass is 10.1. The summed E-state index contributed by atoms with van der Waals surface area (Å²) in [6, 6.07) is 17.1. The molecular formula is C23H27N5O3. The topological polar surface area (TPSA) is 81.5 Å². The van der Waals surface area contributed by atoms with Crippen LogP contribution in [0.4, 0.5) is 10.5 Å². The number of nitrogens with zero attached hydrogens (tertiary/aromatic N) is 4. The fourth-order valence-corrected chi connectivity index (χ4v) is 3.19. The van der Waals surface area contributed by atoms with Gasteiger partial charge in [-0.15, -0.1) is 5.10 Å². The first-order valence-electron chi connectivity index (χ1n) is 10.6. The van der Waals surface area contributed by atoms with Crippen molar-refractivity contribution in [1.29, 1.82) is 0 Å². The maximum Gasteiger partial charge on any atom is 0.321 e. The van der Waals surface area contributed by atoms with Crippen molar-refractivity contribution in [3.8, 4) is 11.5 Å². The van der Waals surface area contributed by atoms with Gasteiger partial charge in [-0.1, -0.05) is 36.8 Å². The van der Waals surface area contributed by atoms with Gasteiger partial charge in [-0.25, -0.2) is 9.48 Å². The van der Waals surface area contributed by atoms with Gasteiger partial charge in [-0.2, -0.15) is 0 Å². The van der Waals surface area contributed by atoms with Gasteiger partial charge in [0.2, 0.25) is 0 Å². The molecule has 0 saturated carbocycles. The number of para-hydroxylation sites is 1. The molecule has 162 valence electrons. The molecule has 1 aliphatic heterocycles. The van der Waals surface area contributed by atoms with E-state index in [4.69, 9.17) is 9.47 Å². The highest BCUT2D eigenvalue weighted by Crippen LogP contribution is 2.23. The fourth-order valence-electron chi connectivity index (χ4n) is 3.19. The molecule has 31 heavy (non-hydrogen) atoms. The first-order valence-corrected chi connectivity index (χ1v) is 10.6. The quantitative estimate of drug-likeness (QED) is 0.526. The van der Waals surface area contributed by atoms with Crippen LogP contribution < -0.4 is 14.8 Å². The van der Waals surface area contributed by atoms with Crippen LogP contribution in [-0.4, -0.2) is 45.6 Å². The lowest BCUT2D eigenvalue weighted by molar-refractivity contribution is 0.127. The highest BCUT2D eigenvalue weighted by Gasteiger charge is 2.32. The summed E-state index contributed by atoms with van der Waals surface area (Å²) in [6.45, 7) is 4.38. The summed E-state index contributed by atoms with van der Waals surface area (Å²) in [5, 5.41) is 11.3. The van der Waals surface area contributed by atoms with Crippen molar-refractivity contribution in [1.82, 2.24) is 19.9 Å². The van der Waals surface area contributed by atoms with Gasteiger partial charge in [-0.3, -0.25) is 0 Å². The number of hydrogen-bond donors (Lipinski definition) is 1. The maximum atomic E-state index is 12.5. The molecule has 2 amide bonds. The van der Waals surface area contributed by atoms with Gasteiger partial charge in [-0.05, 0) is 42.8 Å². The Labute approximate surface area is 181 Å². The number of urea groups is 1. The molecule has 3 aromatic rings. The summed E-state index contributed by atoms with van der Waals surface area (Å²) in [6.07, 6.45) is 4.00.